The van der Waals surface area contributed by atoms with Crippen LogP contribution in [0.25, 0.3) is 0 Å². The first-order valence-electron chi connectivity index (χ1n) is 7.85. The summed E-state index contributed by atoms with van der Waals surface area (Å²) in [4.78, 5) is 12.1. The molecular formula is C19H22N2O3. The Hall–Kier alpha value is -2.82. The van der Waals surface area contributed by atoms with Crippen LogP contribution in [0.4, 0.5) is 0 Å². The molecule has 0 radical (unpaired) electrons. The molecule has 2 aromatic rings. The first-order chi connectivity index (χ1) is 11.7. The number of ether oxygens (including phenoxy) is 2. The molecule has 0 unspecified atom stereocenters. The topological polar surface area (TPSA) is 59.9 Å². The highest BCUT2D eigenvalue weighted by molar-refractivity contribution is 5.96. The summed E-state index contributed by atoms with van der Waals surface area (Å²) in [7, 11) is 1.59. The Morgan fingerprint density at radius 2 is 2.00 bits per heavy atom. The third-order valence-corrected chi connectivity index (χ3v) is 3.42. The molecule has 126 valence electrons. The molecule has 24 heavy (non-hydrogen) atoms. The highest BCUT2D eigenvalue weighted by atomic mass is 16.5. The van der Waals surface area contributed by atoms with Crippen LogP contribution in [0.15, 0.2) is 47.6 Å². The van der Waals surface area contributed by atoms with Gasteiger partial charge >= 0.3 is 0 Å². The number of aryl methyl sites for hydroxylation is 1. The quantitative estimate of drug-likeness (QED) is 0.625. The van der Waals surface area contributed by atoms with Crippen LogP contribution in [-0.4, -0.2) is 25.8 Å². The summed E-state index contributed by atoms with van der Waals surface area (Å²) in [5, 5.41) is 4.01. The van der Waals surface area contributed by atoms with Gasteiger partial charge in [0.05, 0.1) is 19.9 Å². The second kappa shape index (κ2) is 8.72. The molecule has 0 saturated heterocycles. The Kier molecular flexibility index (Phi) is 6.37. The van der Waals surface area contributed by atoms with Crippen LogP contribution in [0.2, 0.25) is 0 Å². The van der Waals surface area contributed by atoms with E-state index in [1.807, 2.05) is 50.2 Å². The Morgan fingerprint density at radius 3 is 2.71 bits per heavy atom. The highest BCUT2D eigenvalue weighted by Gasteiger charge is 2.07. The second-order valence-corrected chi connectivity index (χ2v) is 5.27. The first kappa shape index (κ1) is 17.5. The molecule has 0 heterocycles. The van der Waals surface area contributed by atoms with E-state index in [0.29, 0.717) is 23.7 Å². The molecule has 2 aromatic carbocycles. The van der Waals surface area contributed by atoms with Gasteiger partial charge in [-0.25, -0.2) is 5.43 Å². The zero-order chi connectivity index (χ0) is 17.4. The third kappa shape index (κ3) is 4.59. The summed E-state index contributed by atoms with van der Waals surface area (Å²) in [5.41, 5.74) is 4.85. The van der Waals surface area contributed by atoms with Gasteiger partial charge in [-0.2, -0.15) is 5.10 Å². The summed E-state index contributed by atoms with van der Waals surface area (Å²) in [6, 6.07) is 12.9. The Morgan fingerprint density at radius 1 is 1.21 bits per heavy atom. The fourth-order valence-corrected chi connectivity index (χ4v) is 2.15. The lowest BCUT2D eigenvalue weighted by molar-refractivity contribution is 0.0954. The normalized spacial score (nSPS) is 10.6. The fourth-order valence-electron chi connectivity index (χ4n) is 2.15. The number of hydrazone groups is 1. The van der Waals surface area contributed by atoms with E-state index in [-0.39, 0.29) is 5.91 Å². The Bertz CT molecular complexity index is 726. The molecule has 5 heteroatoms. The van der Waals surface area contributed by atoms with Crippen LogP contribution in [0.3, 0.4) is 0 Å². The summed E-state index contributed by atoms with van der Waals surface area (Å²) in [5.74, 6) is 1.09. The van der Waals surface area contributed by atoms with Crippen LogP contribution < -0.4 is 14.9 Å². The first-order valence-corrected chi connectivity index (χ1v) is 7.85. The maximum absolute atomic E-state index is 12.1. The van der Waals surface area contributed by atoms with E-state index >= 15 is 0 Å². The number of hydrogen-bond donors (Lipinski definition) is 1. The lowest BCUT2D eigenvalue weighted by atomic mass is 10.1. The van der Waals surface area contributed by atoms with Crippen LogP contribution >= 0.6 is 0 Å². The molecule has 0 fully saturated rings. The number of methoxy groups -OCH3 is 1. The predicted octanol–water partition coefficient (Wildman–Crippen LogP) is 3.56. The van der Waals surface area contributed by atoms with E-state index < -0.39 is 0 Å². The smallest absolute Gasteiger partial charge is 0.271 e. The minimum atomic E-state index is -0.237. The van der Waals surface area contributed by atoms with E-state index in [9.17, 15) is 4.79 Å². The summed E-state index contributed by atoms with van der Waals surface area (Å²) in [6.45, 7) is 4.57. The maximum Gasteiger partial charge on any atom is 0.271 e. The monoisotopic (exact) mass is 326 g/mol. The molecule has 0 aliphatic rings. The Labute approximate surface area is 142 Å². The predicted molar refractivity (Wildman–Crippen MR) is 95.0 cm³/mol. The number of carbonyl (C=O) groups excluding carboxylic acids is 1. The van der Waals surface area contributed by atoms with Gasteiger partial charge in [0.2, 0.25) is 0 Å². The molecule has 0 aliphatic carbocycles. The zero-order valence-corrected chi connectivity index (χ0v) is 14.2. The average Bonchev–Trinajstić information content (AvgIpc) is 2.60. The number of benzene rings is 2. The molecule has 0 aliphatic heterocycles. The second-order valence-electron chi connectivity index (χ2n) is 5.27. The Balaban J connectivity index is 2.04. The number of nitrogens with one attached hydrogen (secondary N) is 1. The molecule has 0 saturated carbocycles. The fraction of sp³-hybridized carbons (Fsp3) is 0.263. The van der Waals surface area contributed by atoms with Crippen molar-refractivity contribution in [2.45, 2.75) is 20.3 Å². The summed E-state index contributed by atoms with van der Waals surface area (Å²) in [6.07, 6.45) is 2.50. The van der Waals surface area contributed by atoms with Crippen molar-refractivity contribution in [1.29, 1.82) is 0 Å². The molecule has 2 rings (SSSR count). The molecule has 0 spiro atoms. The zero-order valence-electron chi connectivity index (χ0n) is 14.2. The number of rotatable bonds is 7. The van der Waals surface area contributed by atoms with Gasteiger partial charge in [0.15, 0.2) is 11.5 Å². The van der Waals surface area contributed by atoms with Crippen molar-refractivity contribution in [2.75, 3.05) is 13.7 Å². The summed E-state index contributed by atoms with van der Waals surface area (Å²) >= 11 is 0. The average molecular weight is 326 g/mol. The molecule has 0 atom stereocenters. The van der Waals surface area contributed by atoms with Gasteiger partial charge in [0.1, 0.15) is 0 Å². The number of hydrogen-bond acceptors (Lipinski definition) is 4. The van der Waals surface area contributed by atoms with Crippen LogP contribution in [0, 0.1) is 6.92 Å². The highest BCUT2D eigenvalue weighted by Crippen LogP contribution is 2.27. The van der Waals surface area contributed by atoms with Crippen LogP contribution in [0.1, 0.15) is 34.8 Å². The van der Waals surface area contributed by atoms with E-state index in [4.69, 9.17) is 9.47 Å². The summed E-state index contributed by atoms with van der Waals surface area (Å²) < 4.78 is 10.9. The van der Waals surface area contributed by atoms with Crippen molar-refractivity contribution >= 4 is 12.1 Å². The molecule has 5 nitrogen and oxygen atoms in total. The van der Waals surface area contributed by atoms with Crippen molar-refractivity contribution in [3.8, 4) is 11.5 Å². The number of amides is 1. The standard InChI is InChI=1S/C19H22N2O3/c1-4-11-24-17-10-9-15(12-18(17)23-3)13-20-21-19(22)16-8-6-5-7-14(16)2/h5-10,12-13H,4,11H2,1-3H3,(H,21,22)/b20-13+. The van der Waals surface area contributed by atoms with Gasteiger partial charge in [-0.1, -0.05) is 25.1 Å². The lowest BCUT2D eigenvalue weighted by Crippen LogP contribution is -2.18. The third-order valence-electron chi connectivity index (χ3n) is 3.42. The molecule has 1 amide bonds. The van der Waals surface area contributed by atoms with E-state index in [1.54, 1.807) is 19.4 Å². The maximum atomic E-state index is 12.1. The number of carbonyl (C=O) groups is 1. The van der Waals surface area contributed by atoms with E-state index in [2.05, 4.69) is 10.5 Å². The van der Waals surface area contributed by atoms with Gasteiger partial charge < -0.3 is 9.47 Å². The van der Waals surface area contributed by atoms with Gasteiger partial charge in [0, 0.05) is 5.56 Å². The van der Waals surface area contributed by atoms with Gasteiger partial charge in [0.25, 0.3) is 5.91 Å². The molecule has 1 N–H and O–H groups in total. The van der Waals surface area contributed by atoms with Crippen molar-refractivity contribution in [3.63, 3.8) is 0 Å². The molecular weight excluding hydrogens is 304 g/mol. The number of nitrogens with zero attached hydrogens (tertiary/aromatic N) is 1. The van der Waals surface area contributed by atoms with Gasteiger partial charge in [-0.15, -0.1) is 0 Å². The lowest BCUT2D eigenvalue weighted by Gasteiger charge is -2.10. The minimum absolute atomic E-state index is 0.237. The van der Waals surface area contributed by atoms with Crippen molar-refractivity contribution in [2.24, 2.45) is 5.10 Å². The molecule has 0 bridgehead atoms. The van der Waals surface area contributed by atoms with Crippen LogP contribution in [0.5, 0.6) is 11.5 Å². The van der Waals surface area contributed by atoms with Crippen molar-refractivity contribution < 1.29 is 14.3 Å². The van der Waals surface area contributed by atoms with Gasteiger partial charge in [-0.05, 0) is 48.7 Å². The van der Waals surface area contributed by atoms with E-state index in [1.165, 1.54) is 0 Å². The van der Waals surface area contributed by atoms with Gasteiger partial charge in [-0.3, -0.25) is 4.79 Å². The molecule has 0 aromatic heterocycles. The SMILES string of the molecule is CCCOc1ccc(/C=N/NC(=O)c2ccccc2C)cc1OC. The minimum Gasteiger partial charge on any atom is -0.493 e. The van der Waals surface area contributed by atoms with E-state index in [0.717, 1.165) is 17.5 Å². The van der Waals surface area contributed by atoms with Crippen LogP contribution in [-0.2, 0) is 0 Å². The largest absolute Gasteiger partial charge is 0.493 e. The van der Waals surface area contributed by atoms with Crippen molar-refractivity contribution in [1.82, 2.24) is 5.43 Å². The van der Waals surface area contributed by atoms with Crippen molar-refractivity contribution in [3.05, 3.63) is 59.2 Å².